The Morgan fingerprint density at radius 3 is 2.22 bits per heavy atom. The summed E-state index contributed by atoms with van der Waals surface area (Å²) in [5.74, 6) is 3.11. The van der Waals surface area contributed by atoms with Crippen molar-refractivity contribution in [1.29, 1.82) is 0 Å². The van der Waals surface area contributed by atoms with Gasteiger partial charge in [0.05, 0.1) is 0 Å². The summed E-state index contributed by atoms with van der Waals surface area (Å²) >= 11 is 0. The lowest BCUT2D eigenvalue weighted by Gasteiger charge is -2.15. The van der Waals surface area contributed by atoms with Crippen LogP contribution in [0.2, 0.25) is 0 Å². The van der Waals surface area contributed by atoms with E-state index in [-0.39, 0.29) is 0 Å². The van der Waals surface area contributed by atoms with Crippen LogP contribution in [0.25, 0.3) is 0 Å². The molecule has 0 spiro atoms. The van der Waals surface area contributed by atoms with Crippen LogP contribution in [-0.4, -0.2) is 0 Å². The molecule has 0 aliphatic rings. The summed E-state index contributed by atoms with van der Waals surface area (Å²) in [6.07, 6.45) is 10.6. The Bertz CT molecular complexity index is 305. The summed E-state index contributed by atoms with van der Waals surface area (Å²) in [5.41, 5.74) is 1.30. The van der Waals surface area contributed by atoms with Crippen molar-refractivity contribution in [3.05, 3.63) is 23.2 Å². The Balaban J connectivity index is 2.48. The van der Waals surface area contributed by atoms with Gasteiger partial charge in [-0.2, -0.15) is 0 Å². The Labute approximate surface area is 113 Å². The Morgan fingerprint density at radius 2 is 1.67 bits per heavy atom. The molecule has 1 aromatic rings. The lowest BCUT2D eigenvalue weighted by Crippen LogP contribution is -2.04. The number of hydrogen-bond donors (Lipinski definition) is 0. The zero-order valence-electron chi connectivity index (χ0n) is 12.7. The number of hydrogen-bond acceptors (Lipinski definition) is 1. The van der Waals surface area contributed by atoms with Gasteiger partial charge in [0.15, 0.2) is 0 Å². The highest BCUT2D eigenvalue weighted by atomic mass is 16.3. The van der Waals surface area contributed by atoms with E-state index in [1.807, 2.05) is 0 Å². The van der Waals surface area contributed by atoms with E-state index in [4.69, 9.17) is 4.42 Å². The van der Waals surface area contributed by atoms with Gasteiger partial charge in [0.25, 0.3) is 0 Å². The van der Waals surface area contributed by atoms with Crippen molar-refractivity contribution in [2.75, 3.05) is 0 Å². The van der Waals surface area contributed by atoms with E-state index >= 15 is 0 Å². The van der Waals surface area contributed by atoms with Crippen molar-refractivity contribution < 1.29 is 4.42 Å². The molecule has 18 heavy (non-hydrogen) atoms. The zero-order chi connectivity index (χ0) is 13.4. The molecule has 0 saturated heterocycles. The molecule has 1 heterocycles. The first-order valence-corrected chi connectivity index (χ1v) is 7.73. The van der Waals surface area contributed by atoms with Gasteiger partial charge >= 0.3 is 0 Å². The topological polar surface area (TPSA) is 13.1 Å². The van der Waals surface area contributed by atoms with Gasteiger partial charge in [0, 0.05) is 6.42 Å². The van der Waals surface area contributed by atoms with Crippen LogP contribution in [0.3, 0.4) is 0 Å². The minimum Gasteiger partial charge on any atom is -0.466 e. The highest BCUT2D eigenvalue weighted by Crippen LogP contribution is 2.24. The molecule has 0 radical (unpaired) electrons. The first kappa shape index (κ1) is 15.3. The maximum Gasteiger partial charge on any atom is 0.104 e. The number of rotatable bonds is 9. The Kier molecular flexibility index (Phi) is 7.15. The summed E-state index contributed by atoms with van der Waals surface area (Å²) in [6, 6.07) is 2.23. The van der Waals surface area contributed by atoms with Gasteiger partial charge in [-0.3, -0.25) is 0 Å². The fourth-order valence-electron chi connectivity index (χ4n) is 2.56. The summed E-state index contributed by atoms with van der Waals surface area (Å²) in [7, 11) is 0. The Morgan fingerprint density at radius 1 is 1.00 bits per heavy atom. The fraction of sp³-hybridized carbons (Fsp3) is 0.765. The maximum atomic E-state index is 5.83. The number of unbranched alkanes of at least 4 members (excludes halogenated alkanes) is 3. The van der Waals surface area contributed by atoms with Crippen molar-refractivity contribution in [3.8, 4) is 0 Å². The number of aryl methyl sites for hydroxylation is 2. The molecule has 1 rings (SSSR count). The smallest absolute Gasteiger partial charge is 0.104 e. The minimum atomic E-state index is 0.821. The minimum absolute atomic E-state index is 0.821. The van der Waals surface area contributed by atoms with Crippen molar-refractivity contribution in [1.82, 2.24) is 0 Å². The fourth-order valence-corrected chi connectivity index (χ4v) is 2.56. The third-order valence-corrected chi connectivity index (χ3v) is 3.89. The molecule has 1 nitrogen and oxygen atoms in total. The van der Waals surface area contributed by atoms with Crippen LogP contribution >= 0.6 is 0 Å². The van der Waals surface area contributed by atoms with E-state index in [9.17, 15) is 0 Å². The largest absolute Gasteiger partial charge is 0.466 e. The maximum absolute atomic E-state index is 5.83. The molecule has 0 fully saturated rings. The molecule has 0 aromatic carbocycles. The highest BCUT2D eigenvalue weighted by molar-refractivity contribution is 5.18. The lowest BCUT2D eigenvalue weighted by molar-refractivity contribution is 0.371. The third kappa shape index (κ3) is 5.29. The van der Waals surface area contributed by atoms with Crippen molar-refractivity contribution in [3.63, 3.8) is 0 Å². The second-order valence-electron chi connectivity index (χ2n) is 5.66. The van der Waals surface area contributed by atoms with Gasteiger partial charge in [-0.05, 0) is 31.4 Å². The van der Waals surface area contributed by atoms with Gasteiger partial charge in [-0.25, -0.2) is 0 Å². The van der Waals surface area contributed by atoms with Crippen LogP contribution < -0.4 is 0 Å². The van der Waals surface area contributed by atoms with Gasteiger partial charge in [-0.15, -0.1) is 0 Å². The first-order chi connectivity index (χ1) is 8.67. The molecule has 1 atom stereocenters. The van der Waals surface area contributed by atoms with E-state index in [0.29, 0.717) is 0 Å². The van der Waals surface area contributed by atoms with Crippen LogP contribution in [0.4, 0.5) is 0 Å². The summed E-state index contributed by atoms with van der Waals surface area (Å²) in [6.45, 7) is 8.77. The zero-order valence-corrected chi connectivity index (χ0v) is 12.7. The molecule has 0 amide bonds. The molecule has 0 bridgehead atoms. The quantitative estimate of drug-likeness (QED) is 0.503. The predicted octanol–water partition coefficient (Wildman–Crippen LogP) is 5.83. The predicted molar refractivity (Wildman–Crippen MR) is 79.0 cm³/mol. The van der Waals surface area contributed by atoms with Gasteiger partial charge in [0.2, 0.25) is 0 Å². The first-order valence-electron chi connectivity index (χ1n) is 7.73. The average Bonchev–Trinajstić information content (AvgIpc) is 2.65. The van der Waals surface area contributed by atoms with Crippen molar-refractivity contribution in [2.45, 2.75) is 79.1 Å². The lowest BCUT2D eigenvalue weighted by atomic mass is 9.91. The molecule has 1 aromatic heterocycles. The third-order valence-electron chi connectivity index (χ3n) is 3.89. The van der Waals surface area contributed by atoms with E-state index in [1.54, 1.807) is 0 Å². The standard InChI is InChI=1S/C17H30O/c1-5-7-9-11-16(10-8-6-2)13-17-12-14(3)15(4)18-17/h12,16H,5-11,13H2,1-4H3. The van der Waals surface area contributed by atoms with Crippen LogP contribution in [0, 0.1) is 19.8 Å². The SMILES string of the molecule is CCCCCC(CCCC)Cc1cc(C)c(C)o1. The van der Waals surface area contributed by atoms with Gasteiger partial charge in [-0.1, -0.05) is 58.8 Å². The molecule has 1 unspecified atom stereocenters. The van der Waals surface area contributed by atoms with E-state index in [0.717, 1.165) is 18.1 Å². The monoisotopic (exact) mass is 250 g/mol. The van der Waals surface area contributed by atoms with Gasteiger partial charge < -0.3 is 4.42 Å². The van der Waals surface area contributed by atoms with Gasteiger partial charge in [0.1, 0.15) is 11.5 Å². The van der Waals surface area contributed by atoms with Crippen molar-refractivity contribution in [2.24, 2.45) is 5.92 Å². The second-order valence-corrected chi connectivity index (χ2v) is 5.66. The number of furan rings is 1. The summed E-state index contributed by atoms with van der Waals surface area (Å²) < 4.78 is 5.83. The molecular formula is C17H30O. The summed E-state index contributed by atoms with van der Waals surface area (Å²) in [5, 5.41) is 0. The molecule has 0 N–H and O–H groups in total. The van der Waals surface area contributed by atoms with Crippen LogP contribution in [-0.2, 0) is 6.42 Å². The molecule has 104 valence electrons. The van der Waals surface area contributed by atoms with Crippen LogP contribution in [0.5, 0.6) is 0 Å². The highest BCUT2D eigenvalue weighted by Gasteiger charge is 2.12. The molecular weight excluding hydrogens is 220 g/mol. The second kappa shape index (κ2) is 8.39. The Hall–Kier alpha value is -0.720. The molecule has 0 aliphatic carbocycles. The summed E-state index contributed by atoms with van der Waals surface area (Å²) in [4.78, 5) is 0. The van der Waals surface area contributed by atoms with Crippen LogP contribution in [0.1, 0.15) is 75.9 Å². The average molecular weight is 250 g/mol. The normalized spacial score (nSPS) is 12.9. The van der Waals surface area contributed by atoms with E-state index < -0.39 is 0 Å². The van der Waals surface area contributed by atoms with E-state index in [1.165, 1.54) is 56.3 Å². The van der Waals surface area contributed by atoms with E-state index in [2.05, 4.69) is 33.8 Å². The van der Waals surface area contributed by atoms with Crippen LogP contribution in [0.15, 0.2) is 10.5 Å². The molecule has 0 saturated carbocycles. The van der Waals surface area contributed by atoms with Crippen molar-refractivity contribution >= 4 is 0 Å². The molecule has 1 heteroatoms. The molecule has 0 aliphatic heterocycles.